The van der Waals surface area contributed by atoms with Gasteiger partial charge >= 0.3 is 0 Å². The molecule has 0 unspecified atom stereocenters. The van der Waals surface area contributed by atoms with E-state index in [1.165, 1.54) is 16.5 Å². The molecule has 0 saturated heterocycles. The third kappa shape index (κ3) is 7.85. The van der Waals surface area contributed by atoms with E-state index in [-0.39, 0.29) is 31.1 Å². The Morgan fingerprint density at radius 1 is 1.43 bits per heavy atom. The summed E-state index contributed by atoms with van der Waals surface area (Å²) >= 11 is 7.00. The first-order valence-electron chi connectivity index (χ1n) is 9.24. The lowest BCUT2D eigenvalue weighted by atomic mass is 10.0. The molecule has 0 spiro atoms. The lowest BCUT2D eigenvalue weighted by Gasteiger charge is -2.09. The predicted octanol–water partition coefficient (Wildman–Crippen LogP) is 3.98. The monoisotopic (exact) mass is 458 g/mol. The van der Waals surface area contributed by atoms with Crippen molar-refractivity contribution in [3.05, 3.63) is 45.9 Å². The van der Waals surface area contributed by atoms with Gasteiger partial charge in [-0.2, -0.15) is 0 Å². The number of hydrazone groups is 1. The zero-order chi connectivity index (χ0) is 22.3. The molecule has 5 N–H and O–H groups in total. The zero-order valence-corrected chi connectivity index (χ0v) is 18.3. The van der Waals surface area contributed by atoms with Crippen LogP contribution in [-0.2, 0) is 4.79 Å². The fraction of sp³-hybridized carbons (Fsp3) is 0.421. The number of hydrogen-bond acceptors (Lipinski definition) is 6. The molecule has 1 atom stereocenters. The Morgan fingerprint density at radius 3 is 2.60 bits per heavy atom. The quantitative estimate of drug-likeness (QED) is 0.271. The number of alkyl halides is 2. The fourth-order valence-corrected chi connectivity index (χ4v) is 3.89. The highest BCUT2D eigenvalue weighted by molar-refractivity contribution is 7.19. The number of amides is 1. The predicted molar refractivity (Wildman–Crippen MR) is 117 cm³/mol. The number of rotatable bonds is 5. The van der Waals surface area contributed by atoms with Gasteiger partial charge in [0.05, 0.1) is 5.69 Å². The fourth-order valence-electron chi connectivity index (χ4n) is 2.92. The summed E-state index contributed by atoms with van der Waals surface area (Å²) in [5.74, 6) is 2.59. The smallest absolute Gasteiger partial charge is 0.248 e. The van der Waals surface area contributed by atoms with Gasteiger partial charge in [-0.25, -0.2) is 24.7 Å². The van der Waals surface area contributed by atoms with E-state index < -0.39 is 5.92 Å². The van der Waals surface area contributed by atoms with Gasteiger partial charge in [-0.15, -0.1) is 5.10 Å². The first-order valence-corrected chi connectivity index (χ1v) is 10.4. The largest absolute Gasteiger partial charge is 0.382 e. The molecule has 1 saturated carbocycles. The summed E-state index contributed by atoms with van der Waals surface area (Å²) in [4.78, 5) is 15.7. The molecule has 1 aromatic heterocycles. The summed E-state index contributed by atoms with van der Waals surface area (Å²) in [6.07, 6.45) is 0.203. The minimum Gasteiger partial charge on any atom is -0.382 e. The van der Waals surface area contributed by atoms with E-state index >= 15 is 0 Å². The topological polar surface area (TPSA) is 110 Å². The molecule has 164 valence electrons. The molecule has 0 radical (unpaired) electrons. The number of benzene rings is 1. The highest BCUT2D eigenvalue weighted by Gasteiger charge is 2.39. The van der Waals surface area contributed by atoms with Crippen LogP contribution in [0.3, 0.4) is 0 Å². The second-order valence-electron chi connectivity index (χ2n) is 7.02. The normalized spacial score (nSPS) is 17.8. The first-order chi connectivity index (χ1) is 14.1. The van der Waals surface area contributed by atoms with Crippen molar-refractivity contribution in [2.75, 3.05) is 12.4 Å². The lowest BCUT2D eigenvalue weighted by molar-refractivity contribution is -0.117. The Morgan fingerprint density at radius 2 is 2.10 bits per heavy atom. The van der Waals surface area contributed by atoms with Gasteiger partial charge in [0.25, 0.3) is 0 Å². The number of halogens is 3. The first kappa shape index (κ1) is 24.0. The Balaban J connectivity index is 0.000000232. The number of aryl methyl sites for hydroxylation is 1. The van der Waals surface area contributed by atoms with Gasteiger partial charge in [-0.05, 0) is 19.3 Å². The van der Waals surface area contributed by atoms with Crippen LogP contribution < -0.4 is 16.9 Å². The van der Waals surface area contributed by atoms with Gasteiger partial charge in [-0.1, -0.05) is 53.3 Å². The molecular weight excluding hydrogens is 434 g/mol. The Hall–Kier alpha value is -2.30. The molecule has 7 nitrogen and oxygen atoms in total. The van der Waals surface area contributed by atoms with Crippen LogP contribution in [0, 0.1) is 12.8 Å². The Kier molecular flexibility index (Phi) is 8.51. The van der Waals surface area contributed by atoms with E-state index in [2.05, 4.69) is 15.4 Å². The van der Waals surface area contributed by atoms with Crippen LogP contribution in [0.15, 0.2) is 35.4 Å². The van der Waals surface area contributed by atoms with Crippen LogP contribution in [0.4, 0.5) is 13.9 Å². The number of amidine groups is 1. The third-order valence-electron chi connectivity index (χ3n) is 4.30. The van der Waals surface area contributed by atoms with Crippen LogP contribution in [0.5, 0.6) is 0 Å². The average molecular weight is 459 g/mol. The molecule has 2 aromatic rings. The molecule has 30 heavy (non-hydrogen) atoms. The molecule has 1 aromatic carbocycles. The summed E-state index contributed by atoms with van der Waals surface area (Å²) in [7, 11) is 1.62. The van der Waals surface area contributed by atoms with Crippen LogP contribution in [0.2, 0.25) is 4.34 Å². The van der Waals surface area contributed by atoms with E-state index in [4.69, 9.17) is 23.2 Å². The van der Waals surface area contributed by atoms with Gasteiger partial charge in [0.1, 0.15) is 4.34 Å². The number of hydrazine groups is 1. The molecule has 0 bridgehead atoms. The molecule has 1 aliphatic rings. The number of anilines is 1. The van der Waals surface area contributed by atoms with E-state index in [0.717, 1.165) is 5.56 Å². The van der Waals surface area contributed by atoms with Crippen molar-refractivity contribution in [1.29, 1.82) is 0 Å². The number of hydrogen-bond donors (Lipinski definition) is 3. The molecular formula is C19H25ClF2N6OS. The molecule has 11 heteroatoms. The molecule has 1 amide bonds. The van der Waals surface area contributed by atoms with Crippen molar-refractivity contribution in [1.82, 2.24) is 10.1 Å². The number of nitrogens with two attached hydrogens (primary N) is 2. The van der Waals surface area contributed by atoms with Crippen LogP contribution >= 0.6 is 22.9 Å². The van der Waals surface area contributed by atoms with Gasteiger partial charge in [0.15, 0.2) is 11.0 Å². The van der Waals surface area contributed by atoms with E-state index in [0.29, 0.717) is 27.4 Å². The van der Waals surface area contributed by atoms with E-state index in [1.54, 1.807) is 14.0 Å². The number of nitrogens with one attached hydrogen (secondary N) is 1. The molecule has 1 aliphatic carbocycles. The van der Waals surface area contributed by atoms with Crippen molar-refractivity contribution < 1.29 is 13.6 Å². The molecule has 3 rings (SSSR count). The molecule has 0 aliphatic heterocycles. The van der Waals surface area contributed by atoms with Gasteiger partial charge in [-0.3, -0.25) is 4.79 Å². The number of thiazole rings is 1. The van der Waals surface area contributed by atoms with Crippen molar-refractivity contribution in [2.45, 2.75) is 38.5 Å². The second kappa shape index (κ2) is 10.6. The van der Waals surface area contributed by atoms with Crippen molar-refractivity contribution in [3.63, 3.8) is 0 Å². The summed E-state index contributed by atoms with van der Waals surface area (Å²) in [6, 6.07) is 9.47. The number of nitrogens with zero attached hydrogens (tertiary/aromatic N) is 3. The molecule has 1 heterocycles. The number of aromatic nitrogens is 1. The minimum atomic E-state index is -2.61. The minimum absolute atomic E-state index is 0.117. The van der Waals surface area contributed by atoms with Gasteiger partial charge < -0.3 is 11.1 Å². The highest BCUT2D eigenvalue weighted by atomic mass is 35.5. The van der Waals surface area contributed by atoms with Gasteiger partial charge in [0, 0.05) is 31.9 Å². The standard InChI is InChI=1S/C11H13ClF2N2OS.C8H12N4/c1-6-9(12)18-10(15-6)16-8(17)4-7-2-3-11(13,14)5-7;1-12(10)11-8(9)7-5-3-2-4-6-7/h7H,2-5H2,1H3,(H,15,16,17);2-6H,10H2,1H3,(H2,9,11)/t7-;/m1./s1. The number of carbonyl (C=O) groups excluding carboxylic acids is 1. The average Bonchev–Trinajstić information content (AvgIpc) is 3.15. The maximum atomic E-state index is 13.0. The van der Waals surface area contributed by atoms with Crippen molar-refractivity contribution in [3.8, 4) is 0 Å². The summed E-state index contributed by atoms with van der Waals surface area (Å²) < 4.78 is 26.5. The van der Waals surface area contributed by atoms with E-state index in [1.807, 2.05) is 30.3 Å². The summed E-state index contributed by atoms with van der Waals surface area (Å²) in [5.41, 5.74) is 7.15. The summed E-state index contributed by atoms with van der Waals surface area (Å²) in [6.45, 7) is 1.74. The van der Waals surface area contributed by atoms with Crippen LogP contribution in [0.1, 0.15) is 36.9 Å². The zero-order valence-electron chi connectivity index (χ0n) is 16.7. The Bertz CT molecular complexity index is 856. The van der Waals surface area contributed by atoms with Crippen LogP contribution in [0.25, 0.3) is 0 Å². The van der Waals surface area contributed by atoms with E-state index in [9.17, 15) is 13.6 Å². The van der Waals surface area contributed by atoms with Gasteiger partial charge in [0.2, 0.25) is 11.8 Å². The second-order valence-corrected chi connectivity index (χ2v) is 8.62. The highest BCUT2D eigenvalue weighted by Crippen LogP contribution is 2.40. The lowest BCUT2D eigenvalue weighted by Crippen LogP contribution is -2.25. The van der Waals surface area contributed by atoms with Crippen LogP contribution in [-0.4, -0.2) is 34.8 Å². The Labute approximate surface area is 183 Å². The third-order valence-corrected chi connectivity index (χ3v) is 5.67. The SMILES string of the molecule is CN(N)/N=C(\N)c1ccccc1.Cc1nc(NC(=O)C[C@H]2CCC(F)(F)C2)sc1Cl. The van der Waals surface area contributed by atoms with Crippen molar-refractivity contribution in [2.24, 2.45) is 22.6 Å². The maximum absolute atomic E-state index is 13.0. The van der Waals surface area contributed by atoms with Crippen molar-refractivity contribution >= 4 is 39.8 Å². The number of carbonyl (C=O) groups is 1. The maximum Gasteiger partial charge on any atom is 0.248 e. The summed E-state index contributed by atoms with van der Waals surface area (Å²) in [5, 5.41) is 8.06. The molecule has 1 fully saturated rings.